The predicted octanol–water partition coefficient (Wildman–Crippen LogP) is 4.96. The third kappa shape index (κ3) is 2.65. The highest BCUT2D eigenvalue weighted by Gasteiger charge is 2.14. The number of halogens is 1. The average molecular weight is 300 g/mol. The van der Waals surface area contributed by atoms with Crippen LogP contribution in [0.5, 0.6) is 0 Å². The molecule has 0 aliphatic rings. The first kappa shape index (κ1) is 13.7. The number of benzene rings is 2. The number of aryl methyl sites for hydroxylation is 1. The molecular formula is C17H14ClNO2. The van der Waals surface area contributed by atoms with Gasteiger partial charge >= 0.3 is 0 Å². The topological polar surface area (TPSA) is 42.2 Å². The first-order valence-corrected chi connectivity index (χ1v) is 6.99. The quantitative estimate of drug-likeness (QED) is 0.727. The zero-order chi connectivity index (χ0) is 15.0. The van der Waals surface area contributed by atoms with E-state index in [1.165, 1.54) is 0 Å². The smallest absolute Gasteiger partial charge is 0.291 e. The highest BCUT2D eigenvalue weighted by molar-refractivity contribution is 6.31. The third-order valence-corrected chi connectivity index (χ3v) is 3.82. The minimum atomic E-state index is -0.283. The van der Waals surface area contributed by atoms with Crippen molar-refractivity contribution >= 4 is 34.2 Å². The number of nitrogens with one attached hydrogen (secondary N) is 1. The Labute approximate surface area is 127 Å². The van der Waals surface area contributed by atoms with Crippen LogP contribution in [-0.4, -0.2) is 5.91 Å². The predicted molar refractivity (Wildman–Crippen MR) is 85.1 cm³/mol. The summed E-state index contributed by atoms with van der Waals surface area (Å²) in [4.78, 5) is 12.3. The van der Waals surface area contributed by atoms with Crippen molar-refractivity contribution in [2.75, 3.05) is 5.32 Å². The zero-order valence-electron chi connectivity index (χ0n) is 11.7. The van der Waals surface area contributed by atoms with Crippen molar-refractivity contribution in [2.45, 2.75) is 13.8 Å². The van der Waals surface area contributed by atoms with Crippen LogP contribution in [0.3, 0.4) is 0 Å². The summed E-state index contributed by atoms with van der Waals surface area (Å²) in [5.74, 6) is 0.00388. The van der Waals surface area contributed by atoms with Gasteiger partial charge in [0.2, 0.25) is 0 Å². The summed E-state index contributed by atoms with van der Waals surface area (Å²) in [7, 11) is 0. The molecule has 1 heterocycles. The van der Waals surface area contributed by atoms with Crippen LogP contribution in [0.25, 0.3) is 11.0 Å². The van der Waals surface area contributed by atoms with Gasteiger partial charge in [-0.2, -0.15) is 0 Å². The van der Waals surface area contributed by atoms with Crippen LogP contribution >= 0.6 is 11.6 Å². The molecule has 0 radical (unpaired) electrons. The summed E-state index contributed by atoms with van der Waals surface area (Å²) in [5.41, 5.74) is 3.32. The third-order valence-electron chi connectivity index (χ3n) is 3.42. The molecule has 1 N–H and O–H groups in total. The molecular weight excluding hydrogens is 286 g/mol. The van der Waals surface area contributed by atoms with Crippen molar-refractivity contribution in [3.8, 4) is 0 Å². The standard InChI is InChI=1S/C17H14ClNO2/c1-10-6-7-12-9-16(21-15(12)8-10)17(20)19-14-5-3-4-13(18)11(14)2/h3-9H,1-2H3,(H,19,20). The number of carbonyl (C=O) groups is 1. The number of carbonyl (C=O) groups excluding carboxylic acids is 1. The lowest BCUT2D eigenvalue weighted by Crippen LogP contribution is -2.11. The second-order valence-corrected chi connectivity index (χ2v) is 5.43. The van der Waals surface area contributed by atoms with Crippen molar-refractivity contribution in [1.29, 1.82) is 0 Å². The molecule has 0 fully saturated rings. The Morgan fingerprint density at radius 3 is 2.76 bits per heavy atom. The van der Waals surface area contributed by atoms with Gasteiger partial charge < -0.3 is 9.73 Å². The lowest BCUT2D eigenvalue weighted by atomic mass is 10.2. The summed E-state index contributed by atoms with van der Waals surface area (Å²) in [6, 6.07) is 13.0. The first-order valence-electron chi connectivity index (χ1n) is 6.61. The second kappa shape index (κ2) is 5.26. The maximum Gasteiger partial charge on any atom is 0.291 e. The molecule has 1 amide bonds. The molecule has 2 aromatic carbocycles. The highest BCUT2D eigenvalue weighted by atomic mass is 35.5. The van der Waals surface area contributed by atoms with Gasteiger partial charge in [0, 0.05) is 16.1 Å². The van der Waals surface area contributed by atoms with E-state index in [0.717, 1.165) is 16.5 Å². The minimum absolute atomic E-state index is 0.283. The normalized spacial score (nSPS) is 10.8. The van der Waals surface area contributed by atoms with Gasteiger partial charge in [0.1, 0.15) is 5.58 Å². The van der Waals surface area contributed by atoms with Gasteiger partial charge in [0.05, 0.1) is 0 Å². The Balaban J connectivity index is 1.91. The van der Waals surface area contributed by atoms with E-state index >= 15 is 0 Å². The number of rotatable bonds is 2. The first-order chi connectivity index (χ1) is 10.0. The lowest BCUT2D eigenvalue weighted by molar-refractivity contribution is 0.0998. The van der Waals surface area contributed by atoms with Crippen molar-refractivity contribution < 1.29 is 9.21 Å². The fourth-order valence-corrected chi connectivity index (χ4v) is 2.35. The highest BCUT2D eigenvalue weighted by Crippen LogP contribution is 2.25. The molecule has 0 saturated carbocycles. The maximum atomic E-state index is 12.3. The van der Waals surface area contributed by atoms with E-state index in [-0.39, 0.29) is 11.7 Å². The Bertz CT molecular complexity index is 836. The molecule has 0 spiro atoms. The molecule has 3 rings (SSSR count). The van der Waals surface area contributed by atoms with Crippen LogP contribution in [0.2, 0.25) is 5.02 Å². The molecule has 0 aliphatic heterocycles. The van der Waals surface area contributed by atoms with E-state index in [2.05, 4.69) is 5.32 Å². The van der Waals surface area contributed by atoms with Gasteiger partial charge in [-0.1, -0.05) is 29.8 Å². The molecule has 3 aromatic rings. The van der Waals surface area contributed by atoms with Gasteiger partial charge in [0.25, 0.3) is 5.91 Å². The van der Waals surface area contributed by atoms with E-state index in [9.17, 15) is 4.79 Å². The monoisotopic (exact) mass is 299 g/mol. The minimum Gasteiger partial charge on any atom is -0.451 e. The van der Waals surface area contributed by atoms with Gasteiger partial charge in [0.15, 0.2) is 5.76 Å². The Morgan fingerprint density at radius 2 is 1.95 bits per heavy atom. The van der Waals surface area contributed by atoms with Crippen LogP contribution in [0.15, 0.2) is 46.9 Å². The van der Waals surface area contributed by atoms with E-state index in [0.29, 0.717) is 16.3 Å². The maximum absolute atomic E-state index is 12.3. The molecule has 0 bridgehead atoms. The Hall–Kier alpha value is -2.26. The van der Waals surface area contributed by atoms with Gasteiger partial charge in [-0.05, 0) is 49.2 Å². The molecule has 0 unspecified atom stereocenters. The van der Waals surface area contributed by atoms with Crippen molar-refractivity contribution in [3.05, 3.63) is 64.4 Å². The molecule has 3 nitrogen and oxygen atoms in total. The van der Waals surface area contributed by atoms with Crippen molar-refractivity contribution in [2.24, 2.45) is 0 Å². The van der Waals surface area contributed by atoms with Crippen molar-refractivity contribution in [3.63, 3.8) is 0 Å². The van der Waals surface area contributed by atoms with E-state index in [4.69, 9.17) is 16.0 Å². The van der Waals surface area contributed by atoms with Crippen LogP contribution in [-0.2, 0) is 0 Å². The molecule has 21 heavy (non-hydrogen) atoms. The summed E-state index contributed by atoms with van der Waals surface area (Å²) in [5, 5.41) is 4.36. The SMILES string of the molecule is Cc1ccc2cc(C(=O)Nc3cccc(Cl)c3C)oc2c1. The number of anilines is 1. The fourth-order valence-electron chi connectivity index (χ4n) is 2.18. The fraction of sp³-hybridized carbons (Fsp3) is 0.118. The van der Waals surface area contributed by atoms with Gasteiger partial charge in [-0.3, -0.25) is 4.79 Å². The zero-order valence-corrected chi connectivity index (χ0v) is 12.5. The molecule has 0 saturated heterocycles. The largest absolute Gasteiger partial charge is 0.451 e. The molecule has 106 valence electrons. The number of furan rings is 1. The molecule has 0 atom stereocenters. The molecule has 4 heteroatoms. The number of fused-ring (bicyclic) bond motifs is 1. The van der Waals surface area contributed by atoms with Crippen LogP contribution in [0.1, 0.15) is 21.7 Å². The summed E-state index contributed by atoms with van der Waals surface area (Å²) in [6.07, 6.45) is 0. The molecule has 0 aliphatic carbocycles. The van der Waals surface area contributed by atoms with Gasteiger partial charge in [-0.15, -0.1) is 0 Å². The Kier molecular flexibility index (Phi) is 3.43. The number of hydrogen-bond acceptors (Lipinski definition) is 2. The summed E-state index contributed by atoms with van der Waals surface area (Å²) >= 11 is 6.05. The summed E-state index contributed by atoms with van der Waals surface area (Å²) in [6.45, 7) is 3.84. The van der Waals surface area contributed by atoms with Crippen molar-refractivity contribution in [1.82, 2.24) is 0 Å². The number of amides is 1. The Morgan fingerprint density at radius 1 is 1.14 bits per heavy atom. The average Bonchev–Trinajstić information content (AvgIpc) is 2.87. The summed E-state index contributed by atoms with van der Waals surface area (Å²) < 4.78 is 5.61. The van der Waals surface area contributed by atoms with Crippen LogP contribution in [0, 0.1) is 13.8 Å². The van der Waals surface area contributed by atoms with E-state index < -0.39 is 0 Å². The lowest BCUT2D eigenvalue weighted by Gasteiger charge is -2.07. The number of hydrogen-bond donors (Lipinski definition) is 1. The second-order valence-electron chi connectivity index (χ2n) is 5.02. The van der Waals surface area contributed by atoms with E-state index in [1.807, 2.05) is 38.1 Å². The van der Waals surface area contributed by atoms with Crippen LogP contribution in [0.4, 0.5) is 5.69 Å². The van der Waals surface area contributed by atoms with Gasteiger partial charge in [-0.25, -0.2) is 0 Å². The van der Waals surface area contributed by atoms with E-state index in [1.54, 1.807) is 18.2 Å². The van der Waals surface area contributed by atoms with Crippen LogP contribution < -0.4 is 5.32 Å². The molecule has 1 aromatic heterocycles.